The number of nitrogens with one attached hydrogen (secondary N) is 1. The van der Waals surface area contributed by atoms with Crippen molar-refractivity contribution in [2.75, 3.05) is 4.72 Å². The largest absolute Gasteiger partial charge is 0.325 e. The number of hydrogen-bond acceptors (Lipinski definition) is 3. The summed E-state index contributed by atoms with van der Waals surface area (Å²) in [5, 5.41) is 0.484. The number of carbonyl (C=O) groups excluding carboxylic acids is 1. The molecule has 2 nitrogen and oxygen atoms in total. The van der Waals surface area contributed by atoms with Gasteiger partial charge in [-0.05, 0) is 59.7 Å². The highest BCUT2D eigenvalue weighted by molar-refractivity contribution is 8.00. The molecule has 0 bridgehead atoms. The van der Waals surface area contributed by atoms with Crippen LogP contribution in [0, 0.1) is 6.92 Å². The molecule has 0 aliphatic heterocycles. The molecule has 0 heterocycles. The molecule has 2 aromatic rings. The zero-order valence-electron chi connectivity index (χ0n) is 13.2. The quantitative estimate of drug-likeness (QED) is 0.559. The van der Waals surface area contributed by atoms with Gasteiger partial charge in [0.1, 0.15) is 0 Å². The molecule has 0 amide bonds. The Hall–Kier alpha value is -1.45. The average Bonchev–Trinajstić information content (AvgIpc) is 2.46. The summed E-state index contributed by atoms with van der Waals surface area (Å²) in [7, 11) is 0. The van der Waals surface area contributed by atoms with E-state index in [4.69, 9.17) is 11.6 Å². The van der Waals surface area contributed by atoms with Crippen molar-refractivity contribution in [1.82, 2.24) is 0 Å². The Morgan fingerprint density at radius 2 is 1.73 bits per heavy atom. The number of hydrogen-bond donors (Lipinski definition) is 1. The lowest BCUT2D eigenvalue weighted by Crippen LogP contribution is -2.10. The number of carbonyl (C=O) groups is 1. The number of aldehydes is 1. The summed E-state index contributed by atoms with van der Waals surface area (Å²) in [4.78, 5) is 12.2. The molecule has 0 saturated carbocycles. The summed E-state index contributed by atoms with van der Waals surface area (Å²) in [5.74, 6) is 0. The van der Waals surface area contributed by atoms with Gasteiger partial charge >= 0.3 is 0 Å². The molecule has 2 aromatic carbocycles. The highest BCUT2D eigenvalue weighted by atomic mass is 35.5. The molecule has 0 aromatic heterocycles. The van der Waals surface area contributed by atoms with Crippen molar-refractivity contribution >= 4 is 35.5 Å². The van der Waals surface area contributed by atoms with E-state index in [1.807, 2.05) is 13.0 Å². The van der Waals surface area contributed by atoms with Crippen LogP contribution in [0.3, 0.4) is 0 Å². The lowest BCUT2D eigenvalue weighted by Gasteiger charge is -2.19. The fourth-order valence-corrected chi connectivity index (χ4v) is 3.06. The molecule has 0 spiro atoms. The van der Waals surface area contributed by atoms with Gasteiger partial charge in [0.25, 0.3) is 0 Å². The molecule has 0 saturated heterocycles. The summed E-state index contributed by atoms with van der Waals surface area (Å²) in [5.41, 5.74) is 3.76. The maximum absolute atomic E-state index is 11.1. The van der Waals surface area contributed by atoms with Crippen LogP contribution in [0.2, 0.25) is 5.02 Å². The molecular weight excluding hydrogens is 314 g/mol. The van der Waals surface area contributed by atoms with E-state index in [0.717, 1.165) is 22.4 Å². The van der Waals surface area contributed by atoms with Crippen LogP contribution in [0.4, 0.5) is 5.69 Å². The van der Waals surface area contributed by atoms with Crippen LogP contribution in [0.25, 0.3) is 0 Å². The third-order valence-corrected chi connectivity index (χ3v) is 4.74. The maximum atomic E-state index is 11.1. The lowest BCUT2D eigenvalue weighted by molar-refractivity contribution is 0.112. The molecule has 0 aliphatic rings. The Morgan fingerprint density at radius 3 is 2.27 bits per heavy atom. The van der Waals surface area contributed by atoms with E-state index < -0.39 is 0 Å². The standard InChI is InChI=1S/C18H20ClNOS/c1-12-15(11-21)16(19)9-10-17(12)20-22-14-7-5-13(6-8-14)18(2,3)4/h5-11,20H,1-4H3. The second-order valence-corrected chi connectivity index (χ2v) is 7.52. The van der Waals surface area contributed by atoms with Gasteiger partial charge < -0.3 is 4.72 Å². The molecule has 0 unspecified atom stereocenters. The van der Waals surface area contributed by atoms with Crippen molar-refractivity contribution in [2.45, 2.75) is 38.0 Å². The second-order valence-electron chi connectivity index (χ2n) is 6.23. The topological polar surface area (TPSA) is 29.1 Å². The fourth-order valence-electron chi connectivity index (χ4n) is 2.09. The minimum absolute atomic E-state index is 0.155. The van der Waals surface area contributed by atoms with E-state index in [-0.39, 0.29) is 5.41 Å². The minimum atomic E-state index is 0.155. The predicted molar refractivity (Wildman–Crippen MR) is 96.2 cm³/mol. The van der Waals surface area contributed by atoms with Gasteiger partial charge in [-0.2, -0.15) is 0 Å². The normalized spacial score (nSPS) is 11.3. The first-order chi connectivity index (χ1) is 10.3. The number of halogens is 1. The Labute approximate surface area is 141 Å². The van der Waals surface area contributed by atoms with Gasteiger partial charge in [-0.1, -0.05) is 44.5 Å². The van der Waals surface area contributed by atoms with Crippen LogP contribution < -0.4 is 4.72 Å². The Morgan fingerprint density at radius 1 is 1.09 bits per heavy atom. The third kappa shape index (κ3) is 3.84. The van der Waals surface area contributed by atoms with Crippen LogP contribution in [-0.2, 0) is 5.41 Å². The van der Waals surface area contributed by atoms with Crippen LogP contribution in [0.15, 0.2) is 41.3 Å². The van der Waals surface area contributed by atoms with E-state index in [0.29, 0.717) is 10.6 Å². The zero-order chi connectivity index (χ0) is 16.3. The molecule has 116 valence electrons. The fraction of sp³-hybridized carbons (Fsp3) is 0.278. The van der Waals surface area contributed by atoms with Crippen molar-refractivity contribution in [1.29, 1.82) is 0 Å². The molecular formula is C18H20ClNOS. The molecule has 22 heavy (non-hydrogen) atoms. The van der Waals surface area contributed by atoms with Gasteiger partial charge in [-0.3, -0.25) is 4.79 Å². The van der Waals surface area contributed by atoms with Gasteiger partial charge in [0.2, 0.25) is 0 Å². The third-order valence-electron chi connectivity index (χ3n) is 3.58. The van der Waals surface area contributed by atoms with Crippen LogP contribution in [-0.4, -0.2) is 6.29 Å². The highest BCUT2D eigenvalue weighted by Gasteiger charge is 2.13. The molecule has 0 atom stereocenters. The van der Waals surface area contributed by atoms with Crippen LogP contribution in [0.5, 0.6) is 0 Å². The summed E-state index contributed by atoms with van der Waals surface area (Å²) in [6.45, 7) is 8.49. The molecule has 0 radical (unpaired) electrons. The maximum Gasteiger partial charge on any atom is 0.151 e. The van der Waals surface area contributed by atoms with Crippen LogP contribution in [0.1, 0.15) is 42.3 Å². The smallest absolute Gasteiger partial charge is 0.151 e. The SMILES string of the molecule is Cc1c(NSc2ccc(C(C)(C)C)cc2)ccc(Cl)c1C=O. The Kier molecular flexibility index (Phi) is 5.20. The van der Waals surface area contributed by atoms with Gasteiger partial charge in [0, 0.05) is 16.1 Å². The molecule has 0 aliphatic carbocycles. The van der Waals surface area contributed by atoms with E-state index in [1.54, 1.807) is 6.07 Å². The minimum Gasteiger partial charge on any atom is -0.325 e. The first-order valence-corrected chi connectivity index (χ1v) is 8.30. The predicted octanol–water partition coefficient (Wildman–Crippen LogP) is 5.88. The Bertz CT molecular complexity index is 675. The molecule has 1 N–H and O–H groups in total. The summed E-state index contributed by atoms with van der Waals surface area (Å²) in [6.07, 6.45) is 0.797. The summed E-state index contributed by atoms with van der Waals surface area (Å²) < 4.78 is 3.29. The van der Waals surface area contributed by atoms with Gasteiger partial charge in [0.15, 0.2) is 6.29 Å². The number of anilines is 1. The average molecular weight is 334 g/mol. The van der Waals surface area contributed by atoms with E-state index in [1.165, 1.54) is 17.5 Å². The van der Waals surface area contributed by atoms with Crippen molar-refractivity contribution < 1.29 is 4.79 Å². The lowest BCUT2D eigenvalue weighted by atomic mass is 9.87. The van der Waals surface area contributed by atoms with Gasteiger partial charge in [0.05, 0.1) is 5.02 Å². The first kappa shape index (κ1) is 16.9. The number of rotatable bonds is 4. The molecule has 2 rings (SSSR count). The summed E-state index contributed by atoms with van der Waals surface area (Å²) in [6, 6.07) is 12.1. The zero-order valence-corrected chi connectivity index (χ0v) is 14.8. The number of benzene rings is 2. The van der Waals surface area contributed by atoms with Crippen molar-refractivity contribution in [3.63, 3.8) is 0 Å². The molecule has 4 heteroatoms. The monoisotopic (exact) mass is 333 g/mol. The summed E-state index contributed by atoms with van der Waals surface area (Å²) >= 11 is 7.54. The van der Waals surface area contributed by atoms with Crippen molar-refractivity contribution in [2.24, 2.45) is 0 Å². The Balaban J connectivity index is 2.12. The highest BCUT2D eigenvalue weighted by Crippen LogP contribution is 2.30. The second kappa shape index (κ2) is 6.76. The first-order valence-electron chi connectivity index (χ1n) is 7.10. The van der Waals surface area contributed by atoms with E-state index >= 15 is 0 Å². The van der Waals surface area contributed by atoms with Gasteiger partial charge in [-0.25, -0.2) is 0 Å². The van der Waals surface area contributed by atoms with E-state index in [2.05, 4.69) is 49.8 Å². The van der Waals surface area contributed by atoms with E-state index in [9.17, 15) is 4.79 Å². The van der Waals surface area contributed by atoms with Crippen molar-refractivity contribution in [3.8, 4) is 0 Å². The van der Waals surface area contributed by atoms with Crippen molar-refractivity contribution in [3.05, 3.63) is 58.1 Å². The molecule has 0 fully saturated rings. The van der Waals surface area contributed by atoms with Crippen LogP contribution >= 0.6 is 23.5 Å². The van der Waals surface area contributed by atoms with Gasteiger partial charge in [-0.15, -0.1) is 0 Å².